The maximum absolute atomic E-state index is 12.6. The maximum Gasteiger partial charge on any atom is 0.227 e. The highest BCUT2D eigenvalue weighted by molar-refractivity contribution is 5.79. The Kier molecular flexibility index (Phi) is 4.65. The van der Waals surface area contributed by atoms with Crippen LogP contribution < -0.4 is 4.90 Å². The van der Waals surface area contributed by atoms with Crippen LogP contribution in [-0.4, -0.2) is 42.1 Å². The Morgan fingerprint density at radius 2 is 1.91 bits per heavy atom. The highest BCUT2D eigenvalue weighted by Gasteiger charge is 2.21. The Morgan fingerprint density at radius 3 is 2.61 bits per heavy atom. The lowest BCUT2D eigenvalue weighted by Gasteiger charge is -2.23. The molecule has 1 aliphatic rings. The van der Waals surface area contributed by atoms with Crippen molar-refractivity contribution in [1.29, 1.82) is 0 Å². The minimum absolute atomic E-state index is 0.161. The van der Waals surface area contributed by atoms with E-state index < -0.39 is 0 Å². The van der Waals surface area contributed by atoms with Gasteiger partial charge in [-0.1, -0.05) is 23.4 Å². The molecule has 0 spiro atoms. The number of anilines is 1. The molecule has 5 heteroatoms. The van der Waals surface area contributed by atoms with Crippen LogP contribution in [0.1, 0.15) is 23.4 Å². The number of nitrogens with zero attached hydrogens (tertiary/aromatic N) is 3. The van der Waals surface area contributed by atoms with Crippen LogP contribution in [0.25, 0.3) is 0 Å². The van der Waals surface area contributed by atoms with Gasteiger partial charge >= 0.3 is 0 Å². The SMILES string of the molecule is Cc1noc(C)c1CC(=O)N1CCCN(c2ccccc2)CC1. The van der Waals surface area contributed by atoms with Crippen LogP contribution in [0, 0.1) is 13.8 Å². The third kappa shape index (κ3) is 3.55. The fourth-order valence-electron chi connectivity index (χ4n) is 3.08. The summed E-state index contributed by atoms with van der Waals surface area (Å²) in [7, 11) is 0. The Hall–Kier alpha value is -2.30. The molecule has 0 unspecified atom stereocenters. The zero-order valence-electron chi connectivity index (χ0n) is 13.8. The number of aromatic nitrogens is 1. The summed E-state index contributed by atoms with van der Waals surface area (Å²) in [6.45, 7) is 7.18. The quantitative estimate of drug-likeness (QED) is 0.874. The molecule has 0 N–H and O–H groups in total. The Morgan fingerprint density at radius 1 is 1.13 bits per heavy atom. The molecule has 3 rings (SSSR count). The normalized spacial score (nSPS) is 15.6. The molecular weight excluding hydrogens is 290 g/mol. The first kappa shape index (κ1) is 15.6. The molecule has 5 nitrogen and oxygen atoms in total. The summed E-state index contributed by atoms with van der Waals surface area (Å²) >= 11 is 0. The zero-order chi connectivity index (χ0) is 16.2. The Labute approximate surface area is 136 Å². The predicted molar refractivity (Wildman–Crippen MR) is 89.5 cm³/mol. The summed E-state index contributed by atoms with van der Waals surface area (Å²) in [5.41, 5.74) is 2.98. The van der Waals surface area contributed by atoms with Gasteiger partial charge in [0.05, 0.1) is 12.1 Å². The van der Waals surface area contributed by atoms with E-state index in [0.29, 0.717) is 6.42 Å². The highest BCUT2D eigenvalue weighted by atomic mass is 16.5. The van der Waals surface area contributed by atoms with Gasteiger partial charge < -0.3 is 14.3 Å². The summed E-state index contributed by atoms with van der Waals surface area (Å²) in [6, 6.07) is 10.4. The fraction of sp³-hybridized carbons (Fsp3) is 0.444. The topological polar surface area (TPSA) is 49.6 Å². The van der Waals surface area contributed by atoms with Gasteiger partial charge in [0.1, 0.15) is 5.76 Å². The van der Waals surface area contributed by atoms with E-state index in [1.807, 2.05) is 24.8 Å². The fourth-order valence-corrected chi connectivity index (χ4v) is 3.08. The number of benzene rings is 1. The third-order valence-corrected chi connectivity index (χ3v) is 4.48. The number of rotatable bonds is 3. The van der Waals surface area contributed by atoms with Crippen LogP contribution in [0.5, 0.6) is 0 Å². The van der Waals surface area contributed by atoms with Crippen molar-refractivity contribution in [3.05, 3.63) is 47.3 Å². The molecule has 0 radical (unpaired) electrons. The number of aryl methyl sites for hydroxylation is 2. The van der Waals surface area contributed by atoms with E-state index in [-0.39, 0.29) is 5.91 Å². The summed E-state index contributed by atoms with van der Waals surface area (Å²) in [5.74, 6) is 0.908. The molecule has 1 aromatic heterocycles. The molecule has 0 aliphatic carbocycles. The largest absolute Gasteiger partial charge is 0.370 e. The van der Waals surface area contributed by atoms with E-state index in [0.717, 1.165) is 49.6 Å². The first-order valence-corrected chi connectivity index (χ1v) is 8.14. The van der Waals surface area contributed by atoms with E-state index in [4.69, 9.17) is 4.52 Å². The molecule has 0 atom stereocenters. The van der Waals surface area contributed by atoms with E-state index in [2.05, 4.69) is 34.3 Å². The molecule has 2 aromatic rings. The minimum Gasteiger partial charge on any atom is -0.370 e. The van der Waals surface area contributed by atoms with Crippen LogP contribution in [0.4, 0.5) is 5.69 Å². The van der Waals surface area contributed by atoms with Gasteiger partial charge in [0.25, 0.3) is 0 Å². The lowest BCUT2D eigenvalue weighted by atomic mass is 10.1. The summed E-state index contributed by atoms with van der Waals surface area (Å²) in [5, 5.41) is 3.93. The van der Waals surface area contributed by atoms with Crippen LogP contribution in [-0.2, 0) is 11.2 Å². The number of hydrogen-bond donors (Lipinski definition) is 0. The lowest BCUT2D eigenvalue weighted by molar-refractivity contribution is -0.130. The summed E-state index contributed by atoms with van der Waals surface area (Å²) in [4.78, 5) is 16.9. The lowest BCUT2D eigenvalue weighted by Crippen LogP contribution is -2.36. The molecule has 0 bridgehead atoms. The van der Waals surface area contributed by atoms with Gasteiger partial charge in [-0.2, -0.15) is 0 Å². The summed E-state index contributed by atoms with van der Waals surface area (Å²) in [6.07, 6.45) is 1.37. The first-order chi connectivity index (χ1) is 11.1. The van der Waals surface area contributed by atoms with Crippen LogP contribution in [0.3, 0.4) is 0 Å². The summed E-state index contributed by atoms with van der Waals surface area (Å²) < 4.78 is 5.15. The molecule has 1 fully saturated rings. The molecule has 2 heterocycles. The van der Waals surface area contributed by atoms with Gasteiger partial charge in [0.2, 0.25) is 5.91 Å². The predicted octanol–water partition coefficient (Wildman–Crippen LogP) is 2.57. The first-order valence-electron chi connectivity index (χ1n) is 8.14. The molecule has 1 amide bonds. The average molecular weight is 313 g/mol. The second-order valence-electron chi connectivity index (χ2n) is 6.04. The van der Waals surface area contributed by atoms with Gasteiger partial charge in [-0.25, -0.2) is 0 Å². The van der Waals surface area contributed by atoms with Gasteiger partial charge in [0, 0.05) is 37.4 Å². The van der Waals surface area contributed by atoms with Gasteiger partial charge in [0.15, 0.2) is 0 Å². The molecule has 1 saturated heterocycles. The van der Waals surface area contributed by atoms with E-state index in [1.54, 1.807) is 0 Å². The zero-order valence-corrected chi connectivity index (χ0v) is 13.8. The van der Waals surface area contributed by atoms with Crippen molar-refractivity contribution in [1.82, 2.24) is 10.1 Å². The van der Waals surface area contributed by atoms with Gasteiger partial charge in [-0.15, -0.1) is 0 Å². The number of para-hydroxylation sites is 1. The number of amides is 1. The Bertz CT molecular complexity index is 647. The smallest absolute Gasteiger partial charge is 0.227 e. The van der Waals surface area contributed by atoms with Crippen LogP contribution in [0.2, 0.25) is 0 Å². The monoisotopic (exact) mass is 313 g/mol. The second-order valence-corrected chi connectivity index (χ2v) is 6.04. The van der Waals surface area contributed by atoms with E-state index in [9.17, 15) is 4.79 Å². The number of carbonyl (C=O) groups is 1. The minimum atomic E-state index is 0.161. The molecule has 23 heavy (non-hydrogen) atoms. The second kappa shape index (κ2) is 6.86. The number of carbonyl (C=O) groups excluding carboxylic acids is 1. The van der Waals surface area contributed by atoms with Crippen molar-refractivity contribution in [2.45, 2.75) is 26.7 Å². The van der Waals surface area contributed by atoms with Crippen LogP contribution in [0.15, 0.2) is 34.9 Å². The maximum atomic E-state index is 12.6. The number of hydrogen-bond acceptors (Lipinski definition) is 4. The van der Waals surface area contributed by atoms with Crippen LogP contribution >= 0.6 is 0 Å². The standard InChI is InChI=1S/C18H23N3O2/c1-14-17(15(2)23-19-14)13-18(22)21-10-6-9-20(11-12-21)16-7-4-3-5-8-16/h3-5,7-8H,6,9-13H2,1-2H3. The van der Waals surface area contributed by atoms with Crippen molar-refractivity contribution in [2.75, 3.05) is 31.1 Å². The molecule has 1 aromatic carbocycles. The van der Waals surface area contributed by atoms with Gasteiger partial charge in [-0.3, -0.25) is 4.79 Å². The Balaban J connectivity index is 1.63. The highest BCUT2D eigenvalue weighted by Crippen LogP contribution is 2.18. The van der Waals surface area contributed by atoms with Crippen molar-refractivity contribution in [3.8, 4) is 0 Å². The van der Waals surface area contributed by atoms with E-state index >= 15 is 0 Å². The van der Waals surface area contributed by atoms with Crippen molar-refractivity contribution in [2.24, 2.45) is 0 Å². The van der Waals surface area contributed by atoms with Crippen molar-refractivity contribution in [3.63, 3.8) is 0 Å². The van der Waals surface area contributed by atoms with E-state index in [1.165, 1.54) is 5.69 Å². The molecular formula is C18H23N3O2. The average Bonchev–Trinajstić information content (AvgIpc) is 2.79. The van der Waals surface area contributed by atoms with Crippen molar-refractivity contribution >= 4 is 11.6 Å². The molecule has 122 valence electrons. The van der Waals surface area contributed by atoms with Gasteiger partial charge in [-0.05, 0) is 32.4 Å². The molecule has 1 aliphatic heterocycles. The molecule has 0 saturated carbocycles. The van der Waals surface area contributed by atoms with Crippen molar-refractivity contribution < 1.29 is 9.32 Å². The third-order valence-electron chi connectivity index (χ3n) is 4.48.